The molecule has 6 N–H and O–H groups in total. The Kier molecular flexibility index (Phi) is 17.8. The van der Waals surface area contributed by atoms with Crippen LogP contribution in [0.5, 0.6) is 5.75 Å². The Morgan fingerprint density at radius 3 is 2.29 bits per heavy atom. The van der Waals surface area contributed by atoms with E-state index in [-0.39, 0.29) is 58.8 Å². The lowest BCUT2D eigenvalue weighted by Gasteiger charge is -2.20. The fourth-order valence-corrected chi connectivity index (χ4v) is 5.52. The van der Waals surface area contributed by atoms with Crippen LogP contribution < -0.4 is 26.4 Å². The quantitative estimate of drug-likeness (QED) is 0.0276. The van der Waals surface area contributed by atoms with E-state index in [0.29, 0.717) is 35.0 Å². The highest BCUT2D eigenvalue weighted by molar-refractivity contribution is 6.11. The monoisotopic (exact) mass is 820 g/mol. The number of nitrogens with two attached hydrogens (primary N) is 1. The van der Waals surface area contributed by atoms with Crippen molar-refractivity contribution in [1.82, 2.24) is 15.6 Å². The topological polar surface area (TPSA) is 221 Å². The fraction of sp³-hybridized carbons (Fsp3) is 0.405. The number of amides is 3. The summed E-state index contributed by atoms with van der Waals surface area (Å²) in [6.07, 6.45) is 5.21. The van der Waals surface area contributed by atoms with E-state index in [2.05, 4.69) is 34.4 Å². The van der Waals surface area contributed by atoms with Gasteiger partial charge in [-0.1, -0.05) is 52.7 Å². The summed E-state index contributed by atoms with van der Waals surface area (Å²) < 4.78 is 21.5. The first-order valence-corrected chi connectivity index (χ1v) is 19.0. The molecule has 58 heavy (non-hydrogen) atoms. The van der Waals surface area contributed by atoms with Crippen molar-refractivity contribution in [1.29, 1.82) is 5.41 Å². The summed E-state index contributed by atoms with van der Waals surface area (Å²) in [7, 11) is 1.44. The number of halogens is 1. The van der Waals surface area contributed by atoms with Gasteiger partial charge in [-0.3, -0.25) is 25.1 Å². The van der Waals surface area contributed by atoms with Gasteiger partial charge in [0.25, 0.3) is 11.8 Å². The van der Waals surface area contributed by atoms with Crippen molar-refractivity contribution in [3.8, 4) is 16.9 Å². The number of esters is 2. The largest absolute Gasteiger partial charge is 0.496 e. The van der Waals surface area contributed by atoms with Crippen molar-refractivity contribution in [3.63, 3.8) is 0 Å². The zero-order valence-corrected chi connectivity index (χ0v) is 34.3. The molecular weight excluding hydrogens is 768 g/mol. The second-order valence-corrected chi connectivity index (χ2v) is 14.0. The highest BCUT2D eigenvalue weighted by Crippen LogP contribution is 2.35. The van der Waals surface area contributed by atoms with Gasteiger partial charge in [0, 0.05) is 47.0 Å². The van der Waals surface area contributed by atoms with Crippen LogP contribution in [0.4, 0.5) is 10.5 Å². The Bertz CT molecular complexity index is 1970. The molecule has 3 aromatic rings. The number of carbonyl (C=O) groups is 5. The molecule has 1 aliphatic rings. The predicted octanol–water partition coefficient (Wildman–Crippen LogP) is 6.88. The molecule has 16 heteroatoms. The number of hydrogen-bond donors (Lipinski definition) is 5. The minimum absolute atomic E-state index is 0. The average molecular weight is 821 g/mol. The molecule has 0 aliphatic heterocycles. The number of rotatable bonds is 19. The second kappa shape index (κ2) is 22.2. The van der Waals surface area contributed by atoms with Crippen LogP contribution in [0.25, 0.3) is 17.2 Å². The normalized spacial score (nSPS) is 12.9. The van der Waals surface area contributed by atoms with Crippen molar-refractivity contribution in [3.05, 3.63) is 83.2 Å². The first-order chi connectivity index (χ1) is 27.3. The molecule has 0 radical (unpaired) electrons. The molecule has 0 saturated heterocycles. The maximum absolute atomic E-state index is 14.1. The first kappa shape index (κ1) is 46.6. The van der Waals surface area contributed by atoms with Crippen LogP contribution in [0.15, 0.2) is 55.1 Å². The van der Waals surface area contributed by atoms with Gasteiger partial charge in [0.05, 0.1) is 13.7 Å². The molecule has 1 aromatic heterocycles. The zero-order valence-electron chi connectivity index (χ0n) is 33.5. The molecule has 0 bridgehead atoms. The third-order valence-electron chi connectivity index (χ3n) is 9.13. The van der Waals surface area contributed by atoms with Gasteiger partial charge in [-0.25, -0.2) is 14.6 Å². The number of carbonyl (C=O) groups excluding carboxylic acids is 5. The van der Waals surface area contributed by atoms with Crippen molar-refractivity contribution in [2.75, 3.05) is 25.6 Å². The van der Waals surface area contributed by atoms with Gasteiger partial charge >= 0.3 is 18.0 Å². The van der Waals surface area contributed by atoms with Crippen LogP contribution in [-0.4, -0.2) is 73.3 Å². The van der Waals surface area contributed by atoms with Gasteiger partial charge in [-0.05, 0) is 79.6 Å². The highest BCUT2D eigenvalue weighted by Gasteiger charge is 2.29. The van der Waals surface area contributed by atoms with Gasteiger partial charge < -0.3 is 35.3 Å². The molecule has 2 atom stereocenters. The van der Waals surface area contributed by atoms with Crippen LogP contribution in [0.2, 0.25) is 0 Å². The lowest BCUT2D eigenvalue weighted by atomic mass is 9.94. The summed E-state index contributed by atoms with van der Waals surface area (Å²) in [6, 6.07) is 11.2. The van der Waals surface area contributed by atoms with E-state index < -0.39 is 42.2 Å². The number of alkyl carbamates (subject to hydrolysis) is 1. The summed E-state index contributed by atoms with van der Waals surface area (Å²) in [6.45, 7) is 11.5. The third-order valence-corrected chi connectivity index (χ3v) is 9.13. The van der Waals surface area contributed by atoms with Crippen molar-refractivity contribution in [2.24, 2.45) is 17.6 Å². The lowest BCUT2D eigenvalue weighted by molar-refractivity contribution is -0.168. The van der Waals surface area contributed by atoms with Crippen molar-refractivity contribution >= 4 is 59.9 Å². The summed E-state index contributed by atoms with van der Waals surface area (Å²) in [4.78, 5) is 70.1. The summed E-state index contributed by atoms with van der Waals surface area (Å²) in [5, 5.41) is 16.4. The number of nitrogens with zero attached hydrogens (tertiary/aromatic N) is 1. The molecule has 3 amide bonds. The Morgan fingerprint density at radius 1 is 0.966 bits per heavy atom. The number of amidine groups is 1. The molecule has 1 heterocycles. The summed E-state index contributed by atoms with van der Waals surface area (Å²) in [5.41, 5.74) is 7.09. The third kappa shape index (κ3) is 13.1. The predicted molar refractivity (Wildman–Crippen MR) is 222 cm³/mol. The van der Waals surface area contributed by atoms with Crippen LogP contribution in [0.3, 0.4) is 0 Å². The molecule has 2 aromatic carbocycles. The standard InChI is InChI=1S/C42H52N6O9.ClH/c1-7-9-10-11-20-55-42(53)48-37(44)28-14-16-29(17-15-28)46-38(49)32-21-27(8-2)34(54-6)22-31(32)30-18-19-33(39(50)45-23-26-12-13-26)47-36(30)41(52)57-25(5)56-40(51)35(43)24(3)4;/h8,14-19,21-22,24-26,35H,2,7,9-13,20,23,43H2,1,3-6H3,(H,45,50)(H,46,49)(H2,44,48,53);1H. The van der Waals surface area contributed by atoms with E-state index >= 15 is 0 Å². The molecule has 1 fully saturated rings. The molecule has 15 nitrogen and oxygen atoms in total. The Hall–Kier alpha value is -5.80. The van der Waals surface area contributed by atoms with E-state index in [9.17, 15) is 24.0 Å². The van der Waals surface area contributed by atoms with E-state index in [1.807, 2.05) is 0 Å². The lowest BCUT2D eigenvalue weighted by Crippen LogP contribution is -2.39. The average Bonchev–Trinajstić information content (AvgIpc) is 4.03. The number of benzene rings is 2. The molecule has 2 unspecified atom stereocenters. The first-order valence-electron chi connectivity index (χ1n) is 19.0. The molecule has 312 valence electrons. The number of aromatic nitrogens is 1. The minimum Gasteiger partial charge on any atom is -0.496 e. The van der Waals surface area contributed by atoms with Gasteiger partial charge in [0.15, 0.2) is 5.69 Å². The van der Waals surface area contributed by atoms with Crippen molar-refractivity contribution < 1.29 is 42.9 Å². The van der Waals surface area contributed by atoms with E-state index in [4.69, 9.17) is 30.1 Å². The highest BCUT2D eigenvalue weighted by atomic mass is 35.5. The number of hydrogen-bond acceptors (Lipinski definition) is 12. The Labute approximate surface area is 344 Å². The smallest absolute Gasteiger partial charge is 0.412 e. The van der Waals surface area contributed by atoms with Crippen LogP contribution >= 0.6 is 12.4 Å². The number of pyridine rings is 1. The fourth-order valence-electron chi connectivity index (χ4n) is 5.52. The van der Waals surface area contributed by atoms with E-state index in [0.717, 1.165) is 38.5 Å². The number of unbranched alkanes of at least 4 members (excludes halogenated alkanes) is 3. The van der Waals surface area contributed by atoms with E-state index in [1.54, 1.807) is 38.1 Å². The Balaban J connectivity index is 0.00000900. The molecule has 4 rings (SSSR count). The number of methoxy groups -OCH3 is 1. The van der Waals surface area contributed by atoms with Gasteiger partial charge in [-0.2, -0.15) is 0 Å². The molecule has 1 aliphatic carbocycles. The number of anilines is 1. The Morgan fingerprint density at radius 2 is 1.67 bits per heavy atom. The minimum atomic E-state index is -1.38. The summed E-state index contributed by atoms with van der Waals surface area (Å²) in [5.74, 6) is -2.62. The van der Waals surface area contributed by atoms with E-state index in [1.165, 1.54) is 44.4 Å². The zero-order chi connectivity index (χ0) is 41.6. The van der Waals surface area contributed by atoms with Crippen LogP contribution in [0, 0.1) is 17.2 Å². The second-order valence-electron chi connectivity index (χ2n) is 14.0. The summed E-state index contributed by atoms with van der Waals surface area (Å²) >= 11 is 0. The molecular formula is C42H53ClN6O9. The SMILES string of the molecule is C=Cc1cc(C(=O)Nc2ccc(C(=N)NC(=O)OCCCCCC)cc2)c(-c2ccc(C(=O)NCC3CC3)nc2C(=O)OC(C)OC(=O)C(N)C(C)C)cc1OC.Cl. The number of ether oxygens (including phenoxy) is 4. The maximum atomic E-state index is 14.1. The maximum Gasteiger partial charge on any atom is 0.412 e. The van der Waals surface area contributed by atoms with Gasteiger partial charge in [-0.15, -0.1) is 12.4 Å². The van der Waals surface area contributed by atoms with Crippen LogP contribution in [-0.2, 0) is 19.0 Å². The number of nitrogens with one attached hydrogen (secondary N) is 4. The molecule has 1 saturated carbocycles. The van der Waals surface area contributed by atoms with Crippen molar-refractivity contribution in [2.45, 2.75) is 78.6 Å². The van der Waals surface area contributed by atoms with Crippen LogP contribution in [0.1, 0.15) is 109 Å². The van der Waals surface area contributed by atoms with Gasteiger partial charge in [0.2, 0.25) is 6.29 Å². The molecule has 0 spiro atoms. The van der Waals surface area contributed by atoms with Gasteiger partial charge in [0.1, 0.15) is 23.3 Å².